The number of hydrogen-bond acceptors (Lipinski definition) is 7. The van der Waals surface area contributed by atoms with Gasteiger partial charge >= 0.3 is 11.7 Å². The Balaban J connectivity index is 1.80. The van der Waals surface area contributed by atoms with Crippen LogP contribution in [0.2, 0.25) is 0 Å². The largest absolute Gasteiger partial charge is 0.507 e. The Morgan fingerprint density at radius 1 is 1.00 bits per heavy atom. The van der Waals surface area contributed by atoms with Crippen LogP contribution in [0.3, 0.4) is 0 Å². The standard InChI is InChI=1S/C23H17N3O6/c27-20-12-5-4-10-18(20)23(29)25-24-15-17-9-6-11-19(26(30)31)22(17)32-21(28)14-13-16-7-2-1-3-8-16/h1-15,27H,(H,25,29)/b14-13+,24-15+. The van der Waals surface area contributed by atoms with Crippen LogP contribution in [0.1, 0.15) is 21.5 Å². The summed E-state index contributed by atoms with van der Waals surface area (Å²) in [7, 11) is 0. The van der Waals surface area contributed by atoms with Crippen LogP contribution in [-0.4, -0.2) is 28.1 Å². The monoisotopic (exact) mass is 431 g/mol. The van der Waals surface area contributed by atoms with Gasteiger partial charge in [0, 0.05) is 17.7 Å². The first kappa shape index (κ1) is 21.9. The number of benzene rings is 3. The molecule has 9 heteroatoms. The maximum atomic E-state index is 12.2. The number of nitrogens with one attached hydrogen (secondary N) is 1. The summed E-state index contributed by atoms with van der Waals surface area (Å²) in [6, 6.07) is 18.9. The van der Waals surface area contributed by atoms with Gasteiger partial charge in [0.15, 0.2) is 0 Å². The quantitative estimate of drug-likeness (QED) is 0.146. The van der Waals surface area contributed by atoms with Crippen molar-refractivity contribution >= 4 is 29.9 Å². The van der Waals surface area contributed by atoms with Gasteiger partial charge in [0.05, 0.1) is 16.7 Å². The van der Waals surface area contributed by atoms with Gasteiger partial charge in [0.1, 0.15) is 5.75 Å². The number of phenols is 1. The minimum Gasteiger partial charge on any atom is -0.507 e. The van der Waals surface area contributed by atoms with Crippen LogP contribution in [-0.2, 0) is 4.79 Å². The maximum absolute atomic E-state index is 12.2. The smallest absolute Gasteiger partial charge is 0.336 e. The fraction of sp³-hybridized carbons (Fsp3) is 0. The number of ether oxygens (including phenoxy) is 1. The van der Waals surface area contributed by atoms with E-state index < -0.39 is 22.5 Å². The third kappa shape index (κ3) is 5.63. The molecule has 0 aliphatic rings. The van der Waals surface area contributed by atoms with Gasteiger partial charge in [0.25, 0.3) is 5.91 Å². The van der Waals surface area contributed by atoms with Gasteiger partial charge in [-0.15, -0.1) is 0 Å². The van der Waals surface area contributed by atoms with E-state index in [0.29, 0.717) is 0 Å². The van der Waals surface area contributed by atoms with E-state index in [9.17, 15) is 24.8 Å². The zero-order chi connectivity index (χ0) is 22.9. The molecule has 0 heterocycles. The number of nitro benzene ring substituents is 1. The average molecular weight is 431 g/mol. The normalized spacial score (nSPS) is 10.9. The van der Waals surface area contributed by atoms with Crippen molar-refractivity contribution in [2.45, 2.75) is 0 Å². The number of rotatable bonds is 7. The summed E-state index contributed by atoms with van der Waals surface area (Å²) in [5, 5.41) is 24.9. The van der Waals surface area contributed by atoms with Crippen LogP contribution in [0.4, 0.5) is 5.69 Å². The molecule has 3 rings (SSSR count). The lowest BCUT2D eigenvalue weighted by Crippen LogP contribution is -2.17. The third-order valence-corrected chi connectivity index (χ3v) is 4.15. The predicted octanol–water partition coefficient (Wildman–Crippen LogP) is 3.68. The molecule has 0 radical (unpaired) electrons. The molecule has 3 aromatic carbocycles. The van der Waals surface area contributed by atoms with Crippen LogP contribution >= 0.6 is 0 Å². The Morgan fingerprint density at radius 2 is 1.72 bits per heavy atom. The number of amides is 1. The zero-order valence-electron chi connectivity index (χ0n) is 16.5. The second-order valence-electron chi connectivity index (χ2n) is 6.33. The SMILES string of the molecule is O=C(/C=C/c1ccccc1)Oc1c(/C=N/NC(=O)c2ccccc2O)cccc1[N+](=O)[O-]. The van der Waals surface area contributed by atoms with Crippen molar-refractivity contribution in [1.29, 1.82) is 0 Å². The van der Waals surface area contributed by atoms with Crippen molar-refractivity contribution < 1.29 is 24.4 Å². The highest BCUT2D eigenvalue weighted by atomic mass is 16.6. The van der Waals surface area contributed by atoms with Crippen LogP contribution in [0.25, 0.3) is 6.08 Å². The van der Waals surface area contributed by atoms with Crippen molar-refractivity contribution in [1.82, 2.24) is 5.43 Å². The summed E-state index contributed by atoms with van der Waals surface area (Å²) in [4.78, 5) is 35.1. The fourth-order valence-electron chi connectivity index (χ4n) is 2.65. The van der Waals surface area contributed by atoms with Crippen LogP contribution < -0.4 is 10.2 Å². The molecule has 1 amide bonds. The highest BCUT2D eigenvalue weighted by molar-refractivity contribution is 5.98. The second kappa shape index (κ2) is 10.3. The number of aromatic hydroxyl groups is 1. The molecule has 0 fully saturated rings. The number of phenolic OH excluding ortho intramolecular Hbond substituents is 1. The summed E-state index contributed by atoms with van der Waals surface area (Å²) in [6.45, 7) is 0. The number of nitro groups is 1. The maximum Gasteiger partial charge on any atom is 0.336 e. The molecule has 3 aromatic rings. The summed E-state index contributed by atoms with van der Waals surface area (Å²) in [5.74, 6) is -2.05. The first-order valence-corrected chi connectivity index (χ1v) is 9.29. The van der Waals surface area contributed by atoms with Gasteiger partial charge in [-0.05, 0) is 29.8 Å². The molecule has 32 heavy (non-hydrogen) atoms. The van der Waals surface area contributed by atoms with E-state index >= 15 is 0 Å². The first-order valence-electron chi connectivity index (χ1n) is 9.29. The second-order valence-corrected chi connectivity index (χ2v) is 6.33. The van der Waals surface area contributed by atoms with E-state index in [4.69, 9.17) is 4.74 Å². The average Bonchev–Trinajstić information content (AvgIpc) is 2.79. The van der Waals surface area contributed by atoms with E-state index in [1.54, 1.807) is 36.4 Å². The predicted molar refractivity (Wildman–Crippen MR) is 117 cm³/mol. The molecule has 2 N–H and O–H groups in total. The molecule has 0 saturated carbocycles. The molecule has 0 unspecified atom stereocenters. The molecule has 0 aliphatic carbocycles. The Bertz CT molecular complexity index is 1210. The van der Waals surface area contributed by atoms with Crippen molar-refractivity contribution in [3.63, 3.8) is 0 Å². The summed E-state index contributed by atoms with van der Waals surface area (Å²) < 4.78 is 5.21. The molecule has 160 valence electrons. The fourth-order valence-corrected chi connectivity index (χ4v) is 2.65. The van der Waals surface area contributed by atoms with Gasteiger partial charge in [-0.3, -0.25) is 14.9 Å². The lowest BCUT2D eigenvalue weighted by atomic mass is 10.2. The number of para-hydroxylation sites is 2. The van der Waals surface area contributed by atoms with Gasteiger partial charge in [-0.1, -0.05) is 48.5 Å². The third-order valence-electron chi connectivity index (χ3n) is 4.15. The number of carbonyl (C=O) groups excluding carboxylic acids is 2. The number of esters is 1. The van der Waals surface area contributed by atoms with Crippen molar-refractivity contribution in [3.05, 3.63) is 106 Å². The molecule has 0 bridgehead atoms. The Hall–Kier alpha value is -4.79. The molecule has 0 spiro atoms. The van der Waals surface area contributed by atoms with Crippen molar-refractivity contribution in [2.75, 3.05) is 0 Å². The number of nitrogens with zero attached hydrogens (tertiary/aromatic N) is 2. The molecule has 0 aliphatic heterocycles. The zero-order valence-corrected chi connectivity index (χ0v) is 16.5. The summed E-state index contributed by atoms with van der Waals surface area (Å²) in [5.41, 5.74) is 2.62. The van der Waals surface area contributed by atoms with E-state index in [1.165, 1.54) is 36.4 Å². The van der Waals surface area contributed by atoms with E-state index in [1.807, 2.05) is 6.07 Å². The lowest BCUT2D eigenvalue weighted by Gasteiger charge is -2.06. The number of hydrogen-bond donors (Lipinski definition) is 2. The van der Waals surface area contributed by atoms with E-state index in [0.717, 1.165) is 17.9 Å². The van der Waals surface area contributed by atoms with Gasteiger partial charge < -0.3 is 9.84 Å². The van der Waals surface area contributed by atoms with Crippen LogP contribution in [0.5, 0.6) is 11.5 Å². The van der Waals surface area contributed by atoms with Crippen molar-refractivity contribution in [3.8, 4) is 11.5 Å². The lowest BCUT2D eigenvalue weighted by molar-refractivity contribution is -0.385. The Kier molecular flexibility index (Phi) is 7.05. The highest BCUT2D eigenvalue weighted by Gasteiger charge is 2.20. The Morgan fingerprint density at radius 3 is 2.44 bits per heavy atom. The van der Waals surface area contributed by atoms with E-state index in [-0.39, 0.29) is 22.6 Å². The van der Waals surface area contributed by atoms with Gasteiger partial charge in [-0.25, -0.2) is 10.2 Å². The van der Waals surface area contributed by atoms with Crippen molar-refractivity contribution in [2.24, 2.45) is 5.10 Å². The minimum atomic E-state index is -0.823. The van der Waals surface area contributed by atoms with Crippen LogP contribution in [0.15, 0.2) is 84.0 Å². The van der Waals surface area contributed by atoms with Gasteiger partial charge in [-0.2, -0.15) is 5.10 Å². The summed E-state index contributed by atoms with van der Waals surface area (Å²) in [6.07, 6.45) is 3.76. The highest BCUT2D eigenvalue weighted by Crippen LogP contribution is 2.30. The topological polar surface area (TPSA) is 131 Å². The molecule has 9 nitrogen and oxygen atoms in total. The Labute approximate surface area is 182 Å². The summed E-state index contributed by atoms with van der Waals surface area (Å²) >= 11 is 0. The minimum absolute atomic E-state index is 0.00129. The molecular weight excluding hydrogens is 414 g/mol. The first-order chi connectivity index (χ1) is 15.5. The van der Waals surface area contributed by atoms with Gasteiger partial charge in [0.2, 0.25) is 5.75 Å². The molecular formula is C23H17N3O6. The number of carbonyl (C=O) groups is 2. The number of hydrazone groups is 1. The van der Waals surface area contributed by atoms with Crippen LogP contribution in [0, 0.1) is 10.1 Å². The molecule has 0 aromatic heterocycles. The molecule has 0 atom stereocenters. The van der Waals surface area contributed by atoms with E-state index in [2.05, 4.69) is 10.5 Å². The molecule has 0 saturated heterocycles.